The summed E-state index contributed by atoms with van der Waals surface area (Å²) in [5.74, 6) is -1.76. The van der Waals surface area contributed by atoms with Crippen LogP contribution in [0, 0.1) is 0 Å². The molecular formula is C18H17NO5. The number of carboxylic acid groups (broad SMARTS) is 1. The minimum absolute atomic E-state index is 0.483. The van der Waals surface area contributed by atoms with E-state index >= 15 is 0 Å². The lowest BCUT2D eigenvalue weighted by Crippen LogP contribution is -2.42. The summed E-state index contributed by atoms with van der Waals surface area (Å²) in [6.45, 7) is 0. The Labute approximate surface area is 138 Å². The second-order valence-electron chi connectivity index (χ2n) is 5.72. The highest BCUT2D eigenvalue weighted by Crippen LogP contribution is 2.41. The molecule has 2 aromatic carbocycles. The fraction of sp³-hybridized carbons (Fsp3) is 0.222. The Morgan fingerprint density at radius 2 is 1.54 bits per heavy atom. The molecule has 124 valence electrons. The summed E-state index contributed by atoms with van der Waals surface area (Å²) >= 11 is 0. The molecule has 2 amide bonds. The zero-order valence-electron chi connectivity index (χ0n) is 12.7. The number of aliphatic hydroxyl groups excluding tert-OH is 2. The molecule has 1 aliphatic heterocycles. The molecule has 0 unspecified atom stereocenters. The average Bonchev–Trinajstić information content (AvgIpc) is 2.87. The van der Waals surface area contributed by atoms with E-state index in [0.29, 0.717) is 16.0 Å². The van der Waals surface area contributed by atoms with Crippen molar-refractivity contribution in [3.8, 4) is 0 Å². The minimum atomic E-state index is -1.52. The third-order valence-electron chi connectivity index (χ3n) is 4.35. The Balaban J connectivity index is 2.08. The van der Waals surface area contributed by atoms with Crippen molar-refractivity contribution in [2.75, 3.05) is 0 Å². The first-order valence-corrected chi connectivity index (χ1v) is 7.54. The second kappa shape index (κ2) is 6.43. The van der Waals surface area contributed by atoms with Gasteiger partial charge in [-0.2, -0.15) is 0 Å². The topological polar surface area (TPSA) is 98.1 Å². The lowest BCUT2D eigenvalue weighted by Gasteiger charge is -2.29. The number of benzene rings is 2. The number of hydrogen-bond acceptors (Lipinski definition) is 4. The fourth-order valence-corrected chi connectivity index (χ4v) is 3.25. The molecule has 0 aromatic heterocycles. The van der Waals surface area contributed by atoms with Gasteiger partial charge in [0.15, 0.2) is 0 Å². The van der Waals surface area contributed by atoms with Crippen LogP contribution in [0.25, 0.3) is 0 Å². The van der Waals surface area contributed by atoms with E-state index in [9.17, 15) is 24.9 Å². The van der Waals surface area contributed by atoms with E-state index in [-0.39, 0.29) is 0 Å². The number of likely N-dealkylation sites (tertiary alicyclic amines) is 1. The maximum Gasteiger partial charge on any atom is 0.414 e. The van der Waals surface area contributed by atoms with E-state index in [4.69, 9.17) is 0 Å². The molecule has 4 atom stereocenters. The second-order valence-corrected chi connectivity index (χ2v) is 5.72. The highest BCUT2D eigenvalue weighted by molar-refractivity contribution is 5.97. The molecule has 1 heterocycles. The van der Waals surface area contributed by atoms with Crippen LogP contribution in [-0.2, 0) is 4.79 Å². The van der Waals surface area contributed by atoms with Crippen molar-refractivity contribution in [1.29, 1.82) is 0 Å². The molecule has 24 heavy (non-hydrogen) atoms. The summed E-state index contributed by atoms with van der Waals surface area (Å²) in [5.41, 5.74) is 1.08. The molecule has 0 bridgehead atoms. The van der Waals surface area contributed by atoms with Crippen molar-refractivity contribution >= 4 is 12.0 Å². The Morgan fingerprint density at radius 3 is 2.08 bits per heavy atom. The molecule has 6 heteroatoms. The van der Waals surface area contributed by atoms with E-state index in [1.165, 1.54) is 0 Å². The molecular weight excluding hydrogens is 310 g/mol. The molecule has 1 aliphatic rings. The molecule has 6 nitrogen and oxygen atoms in total. The van der Waals surface area contributed by atoms with Crippen LogP contribution in [0.3, 0.4) is 0 Å². The van der Waals surface area contributed by atoms with Gasteiger partial charge in [-0.25, -0.2) is 9.69 Å². The van der Waals surface area contributed by atoms with Crippen LogP contribution in [0.4, 0.5) is 4.79 Å². The Hall–Kier alpha value is -2.70. The van der Waals surface area contributed by atoms with Gasteiger partial charge in [0.1, 0.15) is 12.2 Å². The number of hydrogen-bond donors (Lipinski definition) is 3. The van der Waals surface area contributed by atoms with E-state index in [1.54, 1.807) is 60.7 Å². The summed E-state index contributed by atoms with van der Waals surface area (Å²) in [5, 5.41) is 30.5. The Morgan fingerprint density at radius 1 is 1.00 bits per heavy atom. The monoisotopic (exact) mass is 327 g/mol. The summed E-state index contributed by atoms with van der Waals surface area (Å²) < 4.78 is 0. The van der Waals surface area contributed by atoms with Gasteiger partial charge in [0.2, 0.25) is 0 Å². The molecule has 0 spiro atoms. The van der Waals surface area contributed by atoms with Crippen LogP contribution in [0.1, 0.15) is 23.1 Å². The number of aliphatic hydroxyl groups is 2. The van der Waals surface area contributed by atoms with Crippen LogP contribution >= 0.6 is 0 Å². The van der Waals surface area contributed by atoms with Crippen LogP contribution in [0.5, 0.6) is 0 Å². The van der Waals surface area contributed by atoms with Gasteiger partial charge in [0, 0.05) is 5.92 Å². The maximum absolute atomic E-state index is 12.3. The van der Waals surface area contributed by atoms with Gasteiger partial charge in [-0.15, -0.1) is 0 Å². The summed E-state index contributed by atoms with van der Waals surface area (Å²) in [6, 6.07) is 16.1. The SMILES string of the molecule is O=C(O)N1C(=O)[C@@H](O)[C@H](c2ccccc2)[C@@H]1[C@H](O)c1ccccc1. The smallest absolute Gasteiger partial charge is 0.414 e. The van der Waals surface area contributed by atoms with Crippen molar-refractivity contribution < 1.29 is 24.9 Å². The number of amides is 2. The minimum Gasteiger partial charge on any atom is -0.465 e. The van der Waals surface area contributed by atoms with Gasteiger partial charge >= 0.3 is 6.09 Å². The molecule has 1 saturated heterocycles. The van der Waals surface area contributed by atoms with E-state index in [1.807, 2.05) is 0 Å². The summed E-state index contributed by atoms with van der Waals surface area (Å²) in [4.78, 5) is 24.4. The summed E-state index contributed by atoms with van der Waals surface area (Å²) in [7, 11) is 0. The molecule has 1 fully saturated rings. The highest BCUT2D eigenvalue weighted by atomic mass is 16.4. The van der Waals surface area contributed by atoms with Gasteiger partial charge in [0.25, 0.3) is 5.91 Å². The molecule has 0 aliphatic carbocycles. The zero-order valence-corrected chi connectivity index (χ0v) is 12.7. The van der Waals surface area contributed by atoms with Gasteiger partial charge in [-0.3, -0.25) is 4.79 Å². The molecule has 0 radical (unpaired) electrons. The lowest BCUT2D eigenvalue weighted by molar-refractivity contribution is -0.134. The van der Waals surface area contributed by atoms with E-state index in [2.05, 4.69) is 0 Å². The lowest BCUT2D eigenvalue weighted by atomic mass is 9.85. The third kappa shape index (κ3) is 2.66. The summed E-state index contributed by atoms with van der Waals surface area (Å²) in [6.07, 6.45) is -4.25. The number of nitrogens with zero attached hydrogens (tertiary/aromatic N) is 1. The quantitative estimate of drug-likeness (QED) is 0.798. The fourth-order valence-electron chi connectivity index (χ4n) is 3.25. The van der Waals surface area contributed by atoms with Crippen LogP contribution in [0.2, 0.25) is 0 Å². The maximum atomic E-state index is 12.3. The zero-order chi connectivity index (χ0) is 17.3. The molecule has 0 saturated carbocycles. The largest absolute Gasteiger partial charge is 0.465 e. The van der Waals surface area contributed by atoms with Crippen molar-refractivity contribution in [2.24, 2.45) is 0 Å². The highest BCUT2D eigenvalue weighted by Gasteiger charge is 2.53. The number of carbonyl (C=O) groups is 2. The van der Waals surface area contributed by atoms with Gasteiger partial charge in [-0.1, -0.05) is 60.7 Å². The van der Waals surface area contributed by atoms with Crippen molar-refractivity contribution in [1.82, 2.24) is 4.90 Å². The first-order valence-electron chi connectivity index (χ1n) is 7.54. The van der Waals surface area contributed by atoms with Crippen molar-refractivity contribution in [3.63, 3.8) is 0 Å². The predicted molar refractivity (Wildman–Crippen MR) is 85.3 cm³/mol. The standard InChI is InChI=1S/C18H17NO5/c20-15(12-9-5-2-6-10-12)14-13(11-7-3-1-4-8-11)16(21)17(22)19(14)18(23)24/h1-10,13-16,20-21H,(H,23,24)/t13-,14-,15-,16+/m1/s1. The van der Waals surface area contributed by atoms with Gasteiger partial charge in [0.05, 0.1) is 6.04 Å². The Kier molecular flexibility index (Phi) is 4.33. The first kappa shape index (κ1) is 16.2. The predicted octanol–water partition coefficient (Wildman–Crippen LogP) is 1.75. The van der Waals surface area contributed by atoms with Crippen molar-refractivity contribution in [2.45, 2.75) is 24.2 Å². The van der Waals surface area contributed by atoms with Gasteiger partial charge in [-0.05, 0) is 11.1 Å². The first-order chi connectivity index (χ1) is 11.5. The average molecular weight is 327 g/mol. The van der Waals surface area contributed by atoms with Crippen LogP contribution < -0.4 is 0 Å². The van der Waals surface area contributed by atoms with Crippen LogP contribution in [0.15, 0.2) is 60.7 Å². The van der Waals surface area contributed by atoms with Crippen molar-refractivity contribution in [3.05, 3.63) is 71.8 Å². The van der Waals surface area contributed by atoms with Crippen LogP contribution in [-0.4, -0.2) is 44.4 Å². The molecule has 3 N–H and O–H groups in total. The van der Waals surface area contributed by atoms with E-state index in [0.717, 1.165) is 0 Å². The number of carbonyl (C=O) groups excluding carboxylic acids is 1. The Bertz CT molecular complexity index is 734. The molecule has 3 rings (SSSR count). The van der Waals surface area contributed by atoms with E-state index < -0.39 is 36.2 Å². The number of imide groups is 1. The normalized spacial score (nSPS) is 24.8. The third-order valence-corrected chi connectivity index (χ3v) is 4.35. The van der Waals surface area contributed by atoms with Gasteiger partial charge < -0.3 is 15.3 Å². The number of rotatable bonds is 3. The molecule has 2 aromatic rings.